The fraction of sp³-hybridized carbons (Fsp3) is 0.923. The normalized spacial score (nSPS) is 22.9. The van der Waals surface area contributed by atoms with Crippen molar-refractivity contribution >= 4 is 17.7 Å². The summed E-state index contributed by atoms with van der Waals surface area (Å²) in [6.07, 6.45) is 5.02. The van der Waals surface area contributed by atoms with Crippen molar-refractivity contribution in [1.82, 2.24) is 5.32 Å². The molecule has 1 heterocycles. The fourth-order valence-electron chi connectivity index (χ4n) is 2.31. The third-order valence-electron chi connectivity index (χ3n) is 3.71. The average Bonchev–Trinajstić information content (AvgIpc) is 2.87. The van der Waals surface area contributed by atoms with E-state index < -0.39 is 11.5 Å². The Balaban J connectivity index is 2.16. The van der Waals surface area contributed by atoms with Gasteiger partial charge in [-0.15, -0.1) is 0 Å². The van der Waals surface area contributed by atoms with E-state index in [4.69, 9.17) is 4.74 Å². The molecule has 0 bridgehead atoms. The van der Waals surface area contributed by atoms with Crippen molar-refractivity contribution in [2.24, 2.45) is 0 Å². The first kappa shape index (κ1) is 15.8. The van der Waals surface area contributed by atoms with Gasteiger partial charge in [-0.05, 0) is 44.9 Å². The second-order valence-electron chi connectivity index (χ2n) is 4.80. The molecule has 0 aromatic carbocycles. The highest BCUT2D eigenvalue weighted by atomic mass is 32.2. The van der Waals surface area contributed by atoms with Gasteiger partial charge in [0.2, 0.25) is 0 Å². The van der Waals surface area contributed by atoms with Crippen molar-refractivity contribution in [3.05, 3.63) is 0 Å². The molecule has 1 aliphatic heterocycles. The van der Waals surface area contributed by atoms with E-state index in [0.717, 1.165) is 24.5 Å². The minimum Gasteiger partial charge on any atom is -0.480 e. The van der Waals surface area contributed by atoms with E-state index in [2.05, 4.69) is 5.32 Å². The molecule has 0 aromatic heterocycles. The van der Waals surface area contributed by atoms with Gasteiger partial charge in [0.05, 0.1) is 6.10 Å². The lowest BCUT2D eigenvalue weighted by atomic mass is 9.91. The predicted octanol–water partition coefficient (Wildman–Crippen LogP) is 2.13. The van der Waals surface area contributed by atoms with Crippen molar-refractivity contribution in [1.29, 1.82) is 0 Å². The Kier molecular flexibility index (Phi) is 7.04. The van der Waals surface area contributed by atoms with Gasteiger partial charge in [0.15, 0.2) is 0 Å². The quantitative estimate of drug-likeness (QED) is 0.631. The molecule has 1 aliphatic rings. The monoisotopic (exact) mass is 275 g/mol. The standard InChI is InChI=1S/C13H25NO3S/c1-3-13(14-2,12(15)16)7-5-9-18-10-11-6-4-8-17-11/h11,14H,3-10H2,1-2H3,(H,15,16). The van der Waals surface area contributed by atoms with Crippen LogP contribution in [0.4, 0.5) is 0 Å². The van der Waals surface area contributed by atoms with Crippen LogP contribution in [-0.2, 0) is 9.53 Å². The third-order valence-corrected chi connectivity index (χ3v) is 4.90. The zero-order valence-electron chi connectivity index (χ0n) is 11.4. The molecule has 2 unspecified atom stereocenters. The summed E-state index contributed by atoms with van der Waals surface area (Å²) in [5.74, 6) is 1.32. The van der Waals surface area contributed by atoms with Crippen molar-refractivity contribution in [2.75, 3.05) is 25.2 Å². The van der Waals surface area contributed by atoms with Crippen LogP contribution in [0.1, 0.15) is 39.0 Å². The minimum atomic E-state index is -0.746. The SMILES string of the molecule is CCC(CCCSCC1CCCO1)(NC)C(=O)O. The number of rotatable bonds is 9. The molecular formula is C13H25NO3S. The smallest absolute Gasteiger partial charge is 0.323 e. The Hall–Kier alpha value is -0.260. The Morgan fingerprint density at radius 2 is 2.39 bits per heavy atom. The van der Waals surface area contributed by atoms with Gasteiger partial charge in [-0.3, -0.25) is 4.79 Å². The molecule has 0 radical (unpaired) electrons. The molecule has 106 valence electrons. The Bertz CT molecular complexity index is 251. The molecule has 0 aromatic rings. The van der Waals surface area contributed by atoms with Crippen LogP contribution in [0, 0.1) is 0 Å². The van der Waals surface area contributed by atoms with Gasteiger partial charge in [-0.25, -0.2) is 0 Å². The van der Waals surface area contributed by atoms with Gasteiger partial charge in [0, 0.05) is 12.4 Å². The minimum absolute atomic E-state index is 0.426. The molecule has 0 amide bonds. The highest BCUT2D eigenvalue weighted by Crippen LogP contribution is 2.21. The van der Waals surface area contributed by atoms with E-state index in [-0.39, 0.29) is 0 Å². The molecule has 1 saturated heterocycles. The maximum Gasteiger partial charge on any atom is 0.323 e. The van der Waals surface area contributed by atoms with E-state index in [1.54, 1.807) is 7.05 Å². The maximum atomic E-state index is 11.3. The van der Waals surface area contributed by atoms with Crippen LogP contribution in [0.5, 0.6) is 0 Å². The van der Waals surface area contributed by atoms with E-state index in [1.165, 1.54) is 12.8 Å². The lowest BCUT2D eigenvalue weighted by Crippen LogP contribution is -2.49. The van der Waals surface area contributed by atoms with Crippen molar-refractivity contribution in [2.45, 2.75) is 50.7 Å². The largest absolute Gasteiger partial charge is 0.480 e. The molecule has 5 heteroatoms. The molecule has 0 saturated carbocycles. The number of carboxylic acid groups (broad SMARTS) is 1. The summed E-state index contributed by atoms with van der Waals surface area (Å²) in [5.41, 5.74) is -0.746. The highest BCUT2D eigenvalue weighted by Gasteiger charge is 2.33. The van der Waals surface area contributed by atoms with Crippen LogP contribution >= 0.6 is 11.8 Å². The number of hydrogen-bond acceptors (Lipinski definition) is 4. The first-order valence-electron chi connectivity index (χ1n) is 6.76. The Morgan fingerprint density at radius 1 is 1.61 bits per heavy atom. The molecule has 2 atom stereocenters. The van der Waals surface area contributed by atoms with Gasteiger partial charge in [-0.2, -0.15) is 11.8 Å². The van der Waals surface area contributed by atoms with Gasteiger partial charge < -0.3 is 15.2 Å². The fourth-order valence-corrected chi connectivity index (χ4v) is 3.35. The van der Waals surface area contributed by atoms with Gasteiger partial charge in [0.1, 0.15) is 5.54 Å². The number of carboxylic acids is 1. The van der Waals surface area contributed by atoms with Gasteiger partial charge in [-0.1, -0.05) is 6.92 Å². The molecule has 18 heavy (non-hydrogen) atoms. The maximum absolute atomic E-state index is 11.3. The van der Waals surface area contributed by atoms with Crippen molar-refractivity contribution in [3.63, 3.8) is 0 Å². The summed E-state index contributed by atoms with van der Waals surface area (Å²) in [5, 5.41) is 12.2. The van der Waals surface area contributed by atoms with Crippen molar-refractivity contribution < 1.29 is 14.6 Å². The van der Waals surface area contributed by atoms with E-state index >= 15 is 0 Å². The van der Waals surface area contributed by atoms with Crippen LogP contribution in [0.2, 0.25) is 0 Å². The molecule has 0 aliphatic carbocycles. The zero-order valence-corrected chi connectivity index (χ0v) is 12.2. The lowest BCUT2D eigenvalue weighted by molar-refractivity contribution is -0.145. The Labute approximate surface area is 114 Å². The highest BCUT2D eigenvalue weighted by molar-refractivity contribution is 7.99. The van der Waals surface area contributed by atoms with E-state index in [1.807, 2.05) is 18.7 Å². The molecule has 0 spiro atoms. The van der Waals surface area contributed by atoms with Gasteiger partial charge in [0.25, 0.3) is 0 Å². The summed E-state index contributed by atoms with van der Waals surface area (Å²) in [4.78, 5) is 11.3. The predicted molar refractivity (Wildman–Crippen MR) is 75.3 cm³/mol. The number of likely N-dealkylation sites (N-methyl/N-ethyl adjacent to an activating group) is 1. The Morgan fingerprint density at radius 3 is 2.89 bits per heavy atom. The molecule has 1 fully saturated rings. The number of hydrogen-bond donors (Lipinski definition) is 2. The molecule has 1 rings (SSSR count). The first-order valence-corrected chi connectivity index (χ1v) is 7.91. The number of carbonyl (C=O) groups is 1. The van der Waals surface area contributed by atoms with Crippen LogP contribution in [0.25, 0.3) is 0 Å². The number of nitrogens with one attached hydrogen (secondary N) is 1. The van der Waals surface area contributed by atoms with Crippen LogP contribution in [0.3, 0.4) is 0 Å². The summed E-state index contributed by atoms with van der Waals surface area (Å²) in [6.45, 7) is 2.83. The van der Waals surface area contributed by atoms with E-state index in [0.29, 0.717) is 18.9 Å². The van der Waals surface area contributed by atoms with Crippen LogP contribution in [-0.4, -0.2) is 47.9 Å². The average molecular weight is 275 g/mol. The first-order chi connectivity index (χ1) is 8.64. The topological polar surface area (TPSA) is 58.6 Å². The summed E-state index contributed by atoms with van der Waals surface area (Å²) in [6, 6.07) is 0. The van der Waals surface area contributed by atoms with E-state index in [9.17, 15) is 9.90 Å². The lowest BCUT2D eigenvalue weighted by Gasteiger charge is -2.27. The van der Waals surface area contributed by atoms with Crippen LogP contribution < -0.4 is 5.32 Å². The summed E-state index contributed by atoms with van der Waals surface area (Å²) in [7, 11) is 1.73. The summed E-state index contributed by atoms with van der Waals surface area (Å²) >= 11 is 1.88. The van der Waals surface area contributed by atoms with Crippen molar-refractivity contribution in [3.8, 4) is 0 Å². The number of ether oxygens (including phenoxy) is 1. The molecular weight excluding hydrogens is 250 g/mol. The third kappa shape index (κ3) is 4.44. The van der Waals surface area contributed by atoms with Gasteiger partial charge >= 0.3 is 5.97 Å². The number of thioether (sulfide) groups is 1. The number of aliphatic carboxylic acids is 1. The van der Waals surface area contributed by atoms with Crippen LogP contribution in [0.15, 0.2) is 0 Å². The summed E-state index contributed by atoms with van der Waals surface area (Å²) < 4.78 is 5.55. The zero-order chi connectivity index (χ0) is 13.4. The molecule has 2 N–H and O–H groups in total. The second-order valence-corrected chi connectivity index (χ2v) is 5.95. The second kappa shape index (κ2) is 8.02. The molecule has 4 nitrogen and oxygen atoms in total.